The molecule has 9 heteroatoms. The molecule has 0 aromatic carbocycles. The fraction of sp³-hybridized carbons (Fsp3) is 0. The van der Waals surface area contributed by atoms with E-state index in [4.69, 9.17) is 30.3 Å². The molecular weight excluding hydrogens is 272 g/mol. The van der Waals surface area contributed by atoms with E-state index in [2.05, 4.69) is 0 Å². The van der Waals surface area contributed by atoms with Crippen molar-refractivity contribution < 1.29 is 37.0 Å². The van der Waals surface area contributed by atoms with Crippen LogP contribution in [-0.4, -0.2) is 48.4 Å². The molecule has 0 aromatic rings. The number of halogens is 2. The molecule has 0 fully saturated rings. The van der Waals surface area contributed by atoms with E-state index in [1.165, 1.54) is 0 Å². The van der Waals surface area contributed by atoms with Crippen molar-refractivity contribution in [2.75, 3.05) is 0 Å². The quantitative estimate of drug-likeness (QED) is 0.343. The maximum Gasteiger partial charge on any atom is 2.00 e. The molecule has 0 rings (SSSR count). The largest absolute Gasteiger partial charge is 2.00 e. The van der Waals surface area contributed by atoms with Crippen LogP contribution in [0.2, 0.25) is 0 Å². The zero-order valence-corrected chi connectivity index (χ0v) is 11.7. The SMILES string of the molecule is O=S(=O)([O-])[O-].[Cl][Ca][Cl].[Zn+2]. The van der Waals surface area contributed by atoms with Crippen LogP contribution in [0.3, 0.4) is 0 Å². The molecule has 9 heavy (non-hydrogen) atoms. The molecule has 0 aliphatic rings. The predicted octanol–water partition coefficient (Wildman–Crippen LogP) is -0.342. The Morgan fingerprint density at radius 2 is 1.22 bits per heavy atom. The Kier molecular flexibility index (Phi) is 20.0. The summed E-state index contributed by atoms with van der Waals surface area (Å²) in [6.07, 6.45) is 9.90. The number of hydrogen-bond donors (Lipinski definition) is 0. The van der Waals surface area contributed by atoms with Gasteiger partial charge in [0.05, 0.1) is 0 Å². The van der Waals surface area contributed by atoms with Crippen LogP contribution in [0.15, 0.2) is 0 Å². The van der Waals surface area contributed by atoms with Gasteiger partial charge in [0.2, 0.25) is 0 Å². The van der Waals surface area contributed by atoms with Gasteiger partial charge in [0.1, 0.15) is 0 Å². The van der Waals surface area contributed by atoms with Crippen molar-refractivity contribution >= 4 is 54.0 Å². The van der Waals surface area contributed by atoms with Crippen molar-refractivity contribution in [3.05, 3.63) is 0 Å². The second-order valence-corrected chi connectivity index (χ2v) is 4.97. The molecule has 0 radical (unpaired) electrons. The first-order chi connectivity index (χ1) is 3.41. The Morgan fingerprint density at radius 3 is 1.22 bits per heavy atom. The van der Waals surface area contributed by atoms with E-state index in [0.29, 0.717) is 0 Å². The first-order valence-electron chi connectivity index (χ1n) is 1.20. The van der Waals surface area contributed by atoms with Crippen LogP contribution < -0.4 is 0 Å². The van der Waals surface area contributed by atoms with Crippen LogP contribution in [-0.2, 0) is 29.9 Å². The van der Waals surface area contributed by atoms with E-state index in [1.54, 1.807) is 0 Å². The zero-order valence-electron chi connectivity index (χ0n) is 4.21. The van der Waals surface area contributed by atoms with Gasteiger partial charge in [-0.25, -0.2) is 0 Å². The number of hydrogen-bond acceptors (Lipinski definition) is 4. The van der Waals surface area contributed by atoms with Crippen LogP contribution >= 0.6 is 12.8 Å². The molecule has 0 bridgehead atoms. The van der Waals surface area contributed by atoms with E-state index in [9.17, 15) is 0 Å². The average Bonchev–Trinajstić information content (AvgIpc) is 1.27. The Bertz CT molecular complexity index is 113. The molecule has 0 heterocycles. The summed E-state index contributed by atoms with van der Waals surface area (Å²) in [6, 6.07) is 0. The van der Waals surface area contributed by atoms with Gasteiger partial charge < -0.3 is 9.11 Å². The van der Waals surface area contributed by atoms with Crippen LogP contribution in [0.25, 0.3) is 0 Å². The van der Waals surface area contributed by atoms with Gasteiger partial charge in [-0.05, 0) is 0 Å². The normalized spacial score (nSPS) is 7.56. The fourth-order valence-corrected chi connectivity index (χ4v) is 0. The van der Waals surface area contributed by atoms with Gasteiger partial charge in [-0.3, -0.25) is 8.42 Å². The van der Waals surface area contributed by atoms with Gasteiger partial charge in [0.15, 0.2) is 0 Å². The molecule has 0 saturated heterocycles. The van der Waals surface area contributed by atoms with Gasteiger partial charge in [-0.1, -0.05) is 0 Å². The fourth-order valence-electron chi connectivity index (χ4n) is 0. The maximum absolute atomic E-state index is 8.52. The molecular formula is CaCl2O4SZn. The smallest absolute Gasteiger partial charge is 2.00 e. The average molecular weight is 272 g/mol. The van der Waals surface area contributed by atoms with Crippen molar-refractivity contribution in [2.24, 2.45) is 0 Å². The minimum atomic E-state index is -5.17. The molecule has 0 N–H and O–H groups in total. The van der Waals surface area contributed by atoms with Crippen LogP contribution in [0, 0.1) is 0 Å². The third-order valence-corrected chi connectivity index (χ3v) is 0. The third kappa shape index (κ3) is 132. The summed E-state index contributed by atoms with van der Waals surface area (Å²) in [4.78, 5) is 0. The standard InChI is InChI=1S/Ca.2ClH.H2O4S.Zn/c;;;1-5(2,3)4;/h;2*1H;(H2,1,2,3,4);/q+2;;;;+2/p-4. The molecule has 48 valence electrons. The summed E-state index contributed by atoms with van der Waals surface area (Å²) < 4.78 is 34.1. The Hall–Kier alpha value is 2.33. The summed E-state index contributed by atoms with van der Waals surface area (Å²) in [6.45, 7) is 0. The first kappa shape index (κ1) is 17.4. The molecule has 0 spiro atoms. The molecule has 0 unspecified atom stereocenters. The Labute approximate surface area is 89.4 Å². The van der Waals surface area contributed by atoms with Gasteiger partial charge in [0, 0.05) is 10.4 Å². The van der Waals surface area contributed by atoms with Crippen molar-refractivity contribution in [3.8, 4) is 0 Å². The summed E-state index contributed by atoms with van der Waals surface area (Å²) in [7, 11) is -5.17. The molecule has 0 aliphatic carbocycles. The van der Waals surface area contributed by atoms with E-state index in [0.717, 1.165) is 0 Å². The summed E-state index contributed by atoms with van der Waals surface area (Å²) in [5.41, 5.74) is 0. The van der Waals surface area contributed by atoms with E-state index >= 15 is 0 Å². The van der Waals surface area contributed by atoms with Crippen molar-refractivity contribution in [1.82, 2.24) is 0 Å². The summed E-state index contributed by atoms with van der Waals surface area (Å²) in [5, 5.41) is 0. The minimum absolute atomic E-state index is 0. The van der Waals surface area contributed by atoms with Crippen LogP contribution in [0.1, 0.15) is 0 Å². The molecule has 4 nitrogen and oxygen atoms in total. The topological polar surface area (TPSA) is 80.3 Å². The third-order valence-electron chi connectivity index (χ3n) is 0. The summed E-state index contributed by atoms with van der Waals surface area (Å²) >= 11 is -0.931. The molecule has 0 atom stereocenters. The maximum atomic E-state index is 8.52. The number of rotatable bonds is 0. The predicted molar refractivity (Wildman–Crippen MR) is 27.9 cm³/mol. The van der Waals surface area contributed by atoms with E-state index in [1.807, 2.05) is 0 Å². The minimum Gasteiger partial charge on any atom is 2.00 e. The second kappa shape index (κ2) is 10.3. The molecule has 0 aromatic heterocycles. The zero-order chi connectivity index (χ0) is 7.21. The second-order valence-electron chi connectivity index (χ2n) is 0.509. The Morgan fingerprint density at radius 1 is 1.22 bits per heavy atom. The van der Waals surface area contributed by atoms with Crippen LogP contribution in [0.4, 0.5) is 0 Å². The van der Waals surface area contributed by atoms with Crippen molar-refractivity contribution in [3.63, 3.8) is 0 Å². The molecule has 0 saturated carbocycles. The summed E-state index contributed by atoms with van der Waals surface area (Å²) in [5.74, 6) is 0. The van der Waals surface area contributed by atoms with Gasteiger partial charge >= 0.3 is 63.1 Å². The van der Waals surface area contributed by atoms with Gasteiger partial charge in [-0.2, -0.15) is 0 Å². The first-order valence-corrected chi connectivity index (χ1v) is 8.61. The van der Waals surface area contributed by atoms with Crippen molar-refractivity contribution in [2.45, 2.75) is 0 Å². The van der Waals surface area contributed by atoms with Crippen LogP contribution in [0.5, 0.6) is 0 Å². The Balaban J connectivity index is -0.0000000800. The van der Waals surface area contributed by atoms with E-state index < -0.39 is 41.2 Å². The monoisotopic (exact) mass is 270 g/mol. The van der Waals surface area contributed by atoms with Gasteiger partial charge in [0.25, 0.3) is 0 Å². The molecule has 0 aliphatic heterocycles. The van der Waals surface area contributed by atoms with E-state index in [-0.39, 0.29) is 19.5 Å². The van der Waals surface area contributed by atoms with Gasteiger partial charge in [-0.15, -0.1) is 0 Å². The molecule has 0 amide bonds. The van der Waals surface area contributed by atoms with Crippen molar-refractivity contribution in [1.29, 1.82) is 0 Å².